The maximum atomic E-state index is 13.2. The highest BCUT2D eigenvalue weighted by Crippen LogP contribution is 2.41. The summed E-state index contributed by atoms with van der Waals surface area (Å²) in [5.41, 5.74) is 7.29. The molecule has 6 nitrogen and oxygen atoms in total. The molecule has 0 fully saturated rings. The van der Waals surface area contributed by atoms with E-state index in [0.717, 1.165) is 35.2 Å². The Balaban J connectivity index is 1.46. The number of carbonyl (C=O) groups is 1. The number of aliphatic hydroxyl groups excluding tert-OH is 1. The van der Waals surface area contributed by atoms with Crippen molar-refractivity contribution in [1.29, 1.82) is 0 Å². The molecule has 6 heteroatoms. The Labute approximate surface area is 181 Å². The molecule has 0 saturated carbocycles. The van der Waals surface area contributed by atoms with Crippen molar-refractivity contribution in [2.24, 2.45) is 5.41 Å². The monoisotopic (exact) mass is 417 g/mol. The minimum absolute atomic E-state index is 0.0585. The first kappa shape index (κ1) is 19.8. The largest absolute Gasteiger partial charge is 0.497 e. The summed E-state index contributed by atoms with van der Waals surface area (Å²) in [4.78, 5) is 14.9. The van der Waals surface area contributed by atoms with Crippen LogP contribution in [0.1, 0.15) is 52.6 Å². The summed E-state index contributed by atoms with van der Waals surface area (Å²) in [6, 6.07) is 13.1. The van der Waals surface area contributed by atoms with Gasteiger partial charge in [0, 0.05) is 28.9 Å². The van der Waals surface area contributed by atoms with E-state index in [9.17, 15) is 9.90 Å². The van der Waals surface area contributed by atoms with Gasteiger partial charge in [-0.25, -0.2) is 0 Å². The Kier molecular flexibility index (Phi) is 4.63. The third-order valence-electron chi connectivity index (χ3n) is 6.50. The lowest BCUT2D eigenvalue weighted by Crippen LogP contribution is -2.31. The Hall–Kier alpha value is -3.12. The fourth-order valence-electron chi connectivity index (χ4n) is 4.97. The van der Waals surface area contributed by atoms with Crippen molar-refractivity contribution >= 4 is 5.91 Å². The number of aromatic nitrogens is 2. The zero-order valence-corrected chi connectivity index (χ0v) is 18.1. The van der Waals surface area contributed by atoms with Crippen LogP contribution in [0.3, 0.4) is 0 Å². The number of hydrogen-bond donors (Lipinski definition) is 2. The van der Waals surface area contributed by atoms with Crippen molar-refractivity contribution in [3.8, 4) is 17.0 Å². The maximum Gasteiger partial charge on any atom is 0.255 e. The van der Waals surface area contributed by atoms with Gasteiger partial charge >= 0.3 is 0 Å². The van der Waals surface area contributed by atoms with E-state index in [-0.39, 0.29) is 17.9 Å². The molecule has 0 radical (unpaired) electrons. The highest BCUT2D eigenvalue weighted by atomic mass is 16.5. The van der Waals surface area contributed by atoms with Gasteiger partial charge in [0.15, 0.2) is 0 Å². The van der Waals surface area contributed by atoms with Crippen molar-refractivity contribution in [3.05, 3.63) is 70.4 Å². The number of amides is 1. The number of aromatic amines is 1. The number of rotatable bonds is 5. The second-order valence-electron chi connectivity index (χ2n) is 9.33. The van der Waals surface area contributed by atoms with Crippen molar-refractivity contribution in [3.63, 3.8) is 0 Å². The van der Waals surface area contributed by atoms with Gasteiger partial charge in [0.1, 0.15) is 5.75 Å². The molecule has 1 atom stereocenters. The van der Waals surface area contributed by atoms with Crippen LogP contribution in [0.25, 0.3) is 11.3 Å². The van der Waals surface area contributed by atoms with Crippen LogP contribution < -0.4 is 4.74 Å². The number of hydrogen-bond acceptors (Lipinski definition) is 4. The summed E-state index contributed by atoms with van der Waals surface area (Å²) in [6.07, 6.45) is 2.00. The lowest BCUT2D eigenvalue weighted by atomic mass is 9.90. The minimum atomic E-state index is -0.422. The number of H-pyrrole nitrogens is 1. The van der Waals surface area contributed by atoms with E-state index in [0.29, 0.717) is 17.9 Å². The summed E-state index contributed by atoms with van der Waals surface area (Å²) in [6.45, 7) is 4.86. The quantitative estimate of drug-likeness (QED) is 0.660. The first-order valence-electron chi connectivity index (χ1n) is 10.7. The van der Waals surface area contributed by atoms with Gasteiger partial charge in [-0.15, -0.1) is 0 Å². The lowest BCUT2D eigenvalue weighted by Gasteiger charge is -2.26. The fraction of sp³-hybridized carbons (Fsp3) is 0.360. The van der Waals surface area contributed by atoms with Gasteiger partial charge in [-0.1, -0.05) is 32.0 Å². The average molecular weight is 418 g/mol. The Bertz CT molecular complexity index is 1160. The molecule has 1 aliphatic heterocycles. The molecule has 1 aromatic heterocycles. The van der Waals surface area contributed by atoms with Crippen LogP contribution in [0.5, 0.6) is 5.75 Å². The van der Waals surface area contributed by atoms with E-state index in [1.54, 1.807) is 12.0 Å². The number of carbonyl (C=O) groups excluding carboxylic acids is 1. The number of aliphatic hydroxyl groups is 1. The molecule has 160 valence electrons. The predicted molar refractivity (Wildman–Crippen MR) is 118 cm³/mol. The highest BCUT2D eigenvalue weighted by molar-refractivity contribution is 5.99. The van der Waals surface area contributed by atoms with Gasteiger partial charge in [0.05, 0.1) is 25.5 Å². The van der Waals surface area contributed by atoms with Crippen LogP contribution in [0.15, 0.2) is 42.5 Å². The molecular weight excluding hydrogens is 390 g/mol. The zero-order chi connectivity index (χ0) is 21.8. The molecule has 1 aliphatic carbocycles. The van der Waals surface area contributed by atoms with Crippen LogP contribution in [0.2, 0.25) is 0 Å². The maximum absolute atomic E-state index is 13.2. The van der Waals surface area contributed by atoms with Gasteiger partial charge in [-0.3, -0.25) is 9.89 Å². The molecule has 2 aliphatic rings. The minimum Gasteiger partial charge on any atom is -0.497 e. The molecule has 1 unspecified atom stereocenters. The van der Waals surface area contributed by atoms with Crippen molar-refractivity contribution in [2.75, 3.05) is 13.7 Å². The molecule has 0 bridgehead atoms. The van der Waals surface area contributed by atoms with E-state index >= 15 is 0 Å². The Morgan fingerprint density at radius 1 is 1.23 bits per heavy atom. The molecule has 2 heterocycles. The Morgan fingerprint density at radius 3 is 2.84 bits per heavy atom. The third kappa shape index (κ3) is 3.31. The fourth-order valence-corrected chi connectivity index (χ4v) is 4.97. The summed E-state index contributed by atoms with van der Waals surface area (Å²) in [7, 11) is 1.61. The van der Waals surface area contributed by atoms with Crippen molar-refractivity contribution < 1.29 is 14.6 Å². The first-order chi connectivity index (χ1) is 14.9. The van der Waals surface area contributed by atoms with Crippen molar-refractivity contribution in [2.45, 2.75) is 39.3 Å². The smallest absolute Gasteiger partial charge is 0.255 e. The van der Waals surface area contributed by atoms with Crippen LogP contribution in [-0.2, 0) is 19.4 Å². The predicted octanol–water partition coefficient (Wildman–Crippen LogP) is 3.90. The molecule has 5 rings (SSSR count). The summed E-state index contributed by atoms with van der Waals surface area (Å²) in [5.74, 6) is 0.648. The van der Waals surface area contributed by atoms with Crippen LogP contribution in [-0.4, -0.2) is 39.8 Å². The summed E-state index contributed by atoms with van der Waals surface area (Å²) < 4.78 is 5.31. The van der Waals surface area contributed by atoms with Gasteiger partial charge in [-0.05, 0) is 53.6 Å². The molecule has 2 N–H and O–H groups in total. The first-order valence-corrected chi connectivity index (χ1v) is 10.7. The molecule has 0 saturated heterocycles. The lowest BCUT2D eigenvalue weighted by molar-refractivity contribution is 0.0615. The number of methoxy groups -OCH3 is 1. The standard InChI is InChI=1S/C25H27N3O3/c1-25(2)11-20-21(12-25)26-27-23(20)16-7-8-19-17(9-16)13-28(24(19)30)22(14-29)15-5-4-6-18(10-15)31-3/h4-10,22,29H,11-14H2,1-3H3,(H,26,27). The number of fused-ring (bicyclic) bond motifs is 2. The molecule has 3 aromatic rings. The summed E-state index contributed by atoms with van der Waals surface area (Å²) in [5, 5.41) is 17.9. The normalized spacial score (nSPS) is 17.5. The number of nitrogens with zero attached hydrogens (tertiary/aromatic N) is 2. The van der Waals surface area contributed by atoms with Crippen LogP contribution in [0, 0.1) is 5.41 Å². The van der Waals surface area contributed by atoms with E-state index < -0.39 is 6.04 Å². The van der Waals surface area contributed by atoms with Crippen LogP contribution in [0.4, 0.5) is 0 Å². The zero-order valence-electron chi connectivity index (χ0n) is 18.1. The highest BCUT2D eigenvalue weighted by Gasteiger charge is 2.35. The van der Waals surface area contributed by atoms with Gasteiger partial charge in [0.25, 0.3) is 5.91 Å². The topological polar surface area (TPSA) is 78.5 Å². The number of benzene rings is 2. The van der Waals surface area contributed by atoms with Crippen molar-refractivity contribution in [1.82, 2.24) is 15.1 Å². The van der Waals surface area contributed by atoms with E-state index in [4.69, 9.17) is 4.74 Å². The Morgan fingerprint density at radius 2 is 2.06 bits per heavy atom. The molecule has 1 amide bonds. The van der Waals surface area contributed by atoms with E-state index in [1.165, 1.54) is 11.3 Å². The second-order valence-corrected chi connectivity index (χ2v) is 9.33. The average Bonchev–Trinajstić information content (AvgIpc) is 3.38. The SMILES string of the molecule is COc1cccc(C(CO)N2Cc3cc(-c4n[nH]c5c4CC(C)(C)C5)ccc3C2=O)c1. The summed E-state index contributed by atoms with van der Waals surface area (Å²) >= 11 is 0. The molecule has 0 spiro atoms. The number of nitrogens with one attached hydrogen (secondary N) is 1. The van der Waals surface area contributed by atoms with Gasteiger partial charge in [-0.2, -0.15) is 5.10 Å². The molecular formula is C25H27N3O3. The molecule has 31 heavy (non-hydrogen) atoms. The second kappa shape index (κ2) is 7.24. The van der Waals surface area contributed by atoms with Gasteiger partial charge < -0.3 is 14.7 Å². The van der Waals surface area contributed by atoms with Crippen LogP contribution >= 0.6 is 0 Å². The van der Waals surface area contributed by atoms with E-state index in [1.807, 2.05) is 36.4 Å². The third-order valence-corrected chi connectivity index (χ3v) is 6.50. The van der Waals surface area contributed by atoms with Gasteiger partial charge in [0.2, 0.25) is 0 Å². The van der Waals surface area contributed by atoms with E-state index in [2.05, 4.69) is 30.1 Å². The molecule has 2 aromatic carbocycles. The number of ether oxygens (including phenoxy) is 1.